The van der Waals surface area contributed by atoms with Crippen LogP contribution in [0.5, 0.6) is 5.75 Å². The Labute approximate surface area is 178 Å². The predicted molar refractivity (Wildman–Crippen MR) is 123 cm³/mol. The zero-order valence-corrected chi connectivity index (χ0v) is 18.5. The van der Waals surface area contributed by atoms with Gasteiger partial charge in [0.05, 0.1) is 12.5 Å². The number of carboxylic acid groups (broad SMARTS) is 1. The van der Waals surface area contributed by atoms with Gasteiger partial charge in [-0.25, -0.2) is 0 Å². The Kier molecular flexibility index (Phi) is 15.9. The molecule has 0 heterocycles. The van der Waals surface area contributed by atoms with Crippen molar-refractivity contribution >= 4 is 5.97 Å². The molecule has 1 aromatic rings. The molecule has 0 aliphatic carbocycles. The monoisotopic (exact) mass is 402 g/mol. The zero-order chi connectivity index (χ0) is 21.0. The molecule has 3 nitrogen and oxygen atoms in total. The lowest BCUT2D eigenvalue weighted by atomic mass is 9.97. The van der Waals surface area contributed by atoms with Crippen molar-refractivity contribution in [3.8, 4) is 5.75 Å². The highest BCUT2D eigenvalue weighted by molar-refractivity contribution is 5.69. The molecule has 29 heavy (non-hydrogen) atoms. The lowest BCUT2D eigenvalue weighted by Crippen LogP contribution is -2.17. The largest absolute Gasteiger partial charge is 0.494 e. The minimum Gasteiger partial charge on any atom is -0.494 e. The van der Waals surface area contributed by atoms with Crippen molar-refractivity contribution < 1.29 is 14.6 Å². The number of unbranched alkanes of at least 4 members (excludes halogenated alkanes) is 10. The van der Waals surface area contributed by atoms with Crippen molar-refractivity contribution in [3.05, 3.63) is 42.5 Å². The molecular formula is C26H42O3. The number of carbonyl (C=O) groups is 1. The first-order valence-corrected chi connectivity index (χ1v) is 11.8. The van der Waals surface area contributed by atoms with Gasteiger partial charge >= 0.3 is 5.97 Å². The molecular weight excluding hydrogens is 360 g/mol. The van der Waals surface area contributed by atoms with Gasteiger partial charge in [-0.15, -0.1) is 0 Å². The Morgan fingerprint density at radius 2 is 1.45 bits per heavy atom. The summed E-state index contributed by atoms with van der Waals surface area (Å²) in [5.41, 5.74) is 0. The Morgan fingerprint density at radius 1 is 0.862 bits per heavy atom. The van der Waals surface area contributed by atoms with Gasteiger partial charge in [0.15, 0.2) is 0 Å². The highest BCUT2D eigenvalue weighted by atomic mass is 16.5. The number of ether oxygens (including phenoxy) is 1. The summed E-state index contributed by atoms with van der Waals surface area (Å²) in [5.74, 6) is -0.184. The fraction of sp³-hybridized carbons (Fsp3) is 0.654. The number of hydrogen-bond donors (Lipinski definition) is 1. The number of allylic oxidation sites excluding steroid dienone is 2. The van der Waals surface area contributed by atoms with Crippen LogP contribution in [-0.2, 0) is 4.79 Å². The molecule has 1 atom stereocenters. The van der Waals surface area contributed by atoms with E-state index in [0.717, 1.165) is 31.4 Å². The maximum Gasteiger partial charge on any atom is 0.306 e. The third-order valence-corrected chi connectivity index (χ3v) is 5.39. The van der Waals surface area contributed by atoms with Crippen LogP contribution in [-0.4, -0.2) is 17.7 Å². The molecule has 3 heteroatoms. The van der Waals surface area contributed by atoms with Crippen LogP contribution >= 0.6 is 0 Å². The summed E-state index contributed by atoms with van der Waals surface area (Å²) < 4.78 is 5.64. The lowest BCUT2D eigenvalue weighted by molar-refractivity contribution is -0.142. The SMILES string of the molecule is CCCCCCCCC=CCCCCCCC(CCOc1ccccc1)C(=O)O. The van der Waals surface area contributed by atoms with Crippen LogP contribution in [0.1, 0.15) is 96.8 Å². The second kappa shape index (κ2) is 18.3. The van der Waals surface area contributed by atoms with E-state index in [1.54, 1.807) is 0 Å². The van der Waals surface area contributed by atoms with Gasteiger partial charge in [0.25, 0.3) is 0 Å². The predicted octanol–water partition coefficient (Wildman–Crippen LogP) is 7.80. The fourth-order valence-electron chi connectivity index (χ4n) is 3.51. The molecule has 0 saturated heterocycles. The van der Waals surface area contributed by atoms with E-state index in [9.17, 15) is 9.90 Å². The molecule has 1 rings (SSSR count). The number of hydrogen-bond acceptors (Lipinski definition) is 2. The summed E-state index contributed by atoms with van der Waals surface area (Å²) in [7, 11) is 0. The highest BCUT2D eigenvalue weighted by Crippen LogP contribution is 2.17. The second-order valence-corrected chi connectivity index (χ2v) is 8.00. The first-order chi connectivity index (χ1) is 14.2. The molecule has 0 bridgehead atoms. The van der Waals surface area contributed by atoms with E-state index >= 15 is 0 Å². The van der Waals surface area contributed by atoms with Crippen LogP contribution < -0.4 is 4.74 Å². The summed E-state index contributed by atoms with van der Waals surface area (Å²) in [6.07, 6.45) is 21.0. The first-order valence-electron chi connectivity index (χ1n) is 11.8. The molecule has 0 aliphatic rings. The number of aliphatic carboxylic acids is 1. The van der Waals surface area contributed by atoms with E-state index in [-0.39, 0.29) is 5.92 Å². The van der Waals surface area contributed by atoms with Gasteiger partial charge in [-0.1, -0.05) is 88.6 Å². The standard InChI is InChI=1S/C26H42O3/c1-2-3-4-5-6-7-8-9-10-11-12-13-14-16-19-24(26(27)28)22-23-29-25-20-17-15-18-21-25/h9-10,15,17-18,20-21,24H,2-8,11-14,16,19,22-23H2,1H3,(H,27,28). The van der Waals surface area contributed by atoms with E-state index in [0.29, 0.717) is 13.0 Å². The Bertz CT molecular complexity index is 524. The molecule has 0 amide bonds. The number of para-hydroxylation sites is 1. The van der Waals surface area contributed by atoms with Crippen molar-refractivity contribution in [1.82, 2.24) is 0 Å². The quantitative estimate of drug-likeness (QED) is 0.190. The van der Waals surface area contributed by atoms with Crippen LogP contribution in [0.15, 0.2) is 42.5 Å². The smallest absolute Gasteiger partial charge is 0.306 e. The van der Waals surface area contributed by atoms with Crippen LogP contribution in [0.3, 0.4) is 0 Å². The highest BCUT2D eigenvalue weighted by Gasteiger charge is 2.16. The van der Waals surface area contributed by atoms with E-state index < -0.39 is 5.97 Å². The van der Waals surface area contributed by atoms with Crippen LogP contribution in [0.4, 0.5) is 0 Å². The molecule has 1 N–H and O–H groups in total. The minimum atomic E-state index is -0.695. The average Bonchev–Trinajstić information content (AvgIpc) is 2.73. The number of carboxylic acids is 1. The topological polar surface area (TPSA) is 46.5 Å². The minimum absolute atomic E-state index is 0.295. The Hall–Kier alpha value is -1.77. The molecule has 1 unspecified atom stereocenters. The summed E-state index contributed by atoms with van der Waals surface area (Å²) >= 11 is 0. The van der Waals surface area contributed by atoms with Crippen molar-refractivity contribution in [2.75, 3.05) is 6.61 Å². The molecule has 164 valence electrons. The summed E-state index contributed by atoms with van der Waals surface area (Å²) in [6.45, 7) is 2.72. The van der Waals surface area contributed by atoms with Gasteiger partial charge in [-0.05, 0) is 50.7 Å². The van der Waals surface area contributed by atoms with E-state index in [1.807, 2.05) is 30.3 Å². The van der Waals surface area contributed by atoms with Crippen LogP contribution in [0, 0.1) is 5.92 Å². The van der Waals surface area contributed by atoms with Crippen molar-refractivity contribution in [3.63, 3.8) is 0 Å². The van der Waals surface area contributed by atoms with E-state index in [1.165, 1.54) is 57.8 Å². The van der Waals surface area contributed by atoms with Gasteiger partial charge in [0.1, 0.15) is 5.75 Å². The zero-order valence-electron chi connectivity index (χ0n) is 18.5. The van der Waals surface area contributed by atoms with Crippen LogP contribution in [0.2, 0.25) is 0 Å². The molecule has 1 aromatic carbocycles. The summed E-state index contributed by atoms with van der Waals surface area (Å²) in [5, 5.41) is 9.41. The third-order valence-electron chi connectivity index (χ3n) is 5.39. The van der Waals surface area contributed by atoms with Gasteiger partial charge in [0, 0.05) is 0 Å². The van der Waals surface area contributed by atoms with Crippen molar-refractivity contribution in [2.45, 2.75) is 96.8 Å². The molecule has 0 fully saturated rings. The fourth-order valence-corrected chi connectivity index (χ4v) is 3.51. The van der Waals surface area contributed by atoms with E-state index in [2.05, 4.69) is 19.1 Å². The molecule has 0 saturated carbocycles. The van der Waals surface area contributed by atoms with Crippen LogP contribution in [0.25, 0.3) is 0 Å². The number of rotatable bonds is 19. The average molecular weight is 403 g/mol. The molecule has 0 aromatic heterocycles. The summed E-state index contributed by atoms with van der Waals surface area (Å²) in [6, 6.07) is 9.59. The Morgan fingerprint density at radius 3 is 2.07 bits per heavy atom. The lowest BCUT2D eigenvalue weighted by Gasteiger charge is -2.13. The van der Waals surface area contributed by atoms with Gasteiger partial charge < -0.3 is 9.84 Å². The maximum absolute atomic E-state index is 11.4. The second-order valence-electron chi connectivity index (χ2n) is 8.00. The van der Waals surface area contributed by atoms with Gasteiger partial charge in [-0.2, -0.15) is 0 Å². The Balaban J connectivity index is 1.97. The third kappa shape index (κ3) is 14.8. The first kappa shape index (κ1) is 25.3. The molecule has 0 radical (unpaired) electrons. The van der Waals surface area contributed by atoms with Gasteiger partial charge in [0.2, 0.25) is 0 Å². The normalized spacial score (nSPS) is 12.3. The van der Waals surface area contributed by atoms with Gasteiger partial charge in [-0.3, -0.25) is 4.79 Å². The van der Waals surface area contributed by atoms with Crippen molar-refractivity contribution in [1.29, 1.82) is 0 Å². The molecule has 0 spiro atoms. The van der Waals surface area contributed by atoms with Crippen molar-refractivity contribution in [2.24, 2.45) is 5.92 Å². The summed E-state index contributed by atoms with van der Waals surface area (Å²) in [4.78, 5) is 11.4. The van der Waals surface area contributed by atoms with E-state index in [4.69, 9.17) is 4.74 Å². The molecule has 0 aliphatic heterocycles. The maximum atomic E-state index is 11.4. The number of benzene rings is 1.